The van der Waals surface area contributed by atoms with E-state index in [4.69, 9.17) is 21.3 Å². The van der Waals surface area contributed by atoms with Gasteiger partial charge in [0.15, 0.2) is 0 Å². The number of carbonyl (C=O) groups excluding carboxylic acids is 1. The molecule has 0 aliphatic heterocycles. The monoisotopic (exact) mass is 575 g/mol. The molecule has 0 unspecified atom stereocenters. The number of hydrogen-bond donors (Lipinski definition) is 2. The Bertz CT molecular complexity index is 1580. The van der Waals surface area contributed by atoms with E-state index in [9.17, 15) is 4.79 Å². The van der Waals surface area contributed by atoms with Crippen LogP contribution in [0, 0.1) is 6.92 Å². The lowest BCUT2D eigenvalue weighted by atomic mass is 10.1. The van der Waals surface area contributed by atoms with Crippen molar-refractivity contribution in [1.82, 2.24) is 19.4 Å². The number of nitrogens with zero attached hydrogens (tertiary/aromatic N) is 5. The zero-order valence-corrected chi connectivity index (χ0v) is 25.5. The van der Waals surface area contributed by atoms with Gasteiger partial charge in [-0.1, -0.05) is 18.2 Å². The molecule has 4 rings (SSSR count). The molecule has 4 aromatic rings. The molecule has 0 saturated heterocycles. The van der Waals surface area contributed by atoms with Crippen LogP contribution in [0.3, 0.4) is 0 Å². The number of ether oxygens (including phenoxy) is 1. The third kappa shape index (κ3) is 6.99. The minimum absolute atomic E-state index is 0.0840. The van der Waals surface area contributed by atoms with Gasteiger partial charge in [-0.25, -0.2) is 9.97 Å². The van der Waals surface area contributed by atoms with E-state index in [1.807, 2.05) is 70.9 Å². The van der Waals surface area contributed by atoms with E-state index in [1.54, 1.807) is 6.20 Å². The second-order valence-corrected chi connectivity index (χ2v) is 11.0. The Balaban J connectivity index is 1.75. The van der Waals surface area contributed by atoms with Crippen LogP contribution in [0.15, 0.2) is 55.4 Å². The SMILES string of the molecule is C=CC(=O)Nc1cc(Nc2nccc(-c3cc(Cl)c4c(c3)c(C)cn4C)n2)c(OC(C)C)cc1N(C)CCN(C)C. The minimum Gasteiger partial charge on any atom is -0.489 e. The van der Waals surface area contributed by atoms with Crippen molar-refractivity contribution in [3.8, 4) is 17.0 Å². The van der Waals surface area contributed by atoms with Gasteiger partial charge in [-0.2, -0.15) is 0 Å². The van der Waals surface area contributed by atoms with E-state index in [0.29, 0.717) is 28.1 Å². The predicted molar refractivity (Wildman–Crippen MR) is 170 cm³/mol. The largest absolute Gasteiger partial charge is 0.489 e. The number of aryl methyl sites for hydroxylation is 2. The highest BCUT2D eigenvalue weighted by atomic mass is 35.5. The molecule has 0 atom stereocenters. The van der Waals surface area contributed by atoms with Crippen LogP contribution < -0.4 is 20.3 Å². The molecular weight excluding hydrogens is 538 g/mol. The van der Waals surface area contributed by atoms with Gasteiger partial charge in [-0.3, -0.25) is 4.79 Å². The molecule has 0 radical (unpaired) electrons. The van der Waals surface area contributed by atoms with Crippen molar-refractivity contribution < 1.29 is 9.53 Å². The first-order chi connectivity index (χ1) is 19.5. The van der Waals surface area contributed by atoms with Gasteiger partial charge in [0.05, 0.1) is 39.4 Å². The average Bonchev–Trinajstić information content (AvgIpc) is 3.21. The number of fused-ring (bicyclic) bond motifs is 1. The van der Waals surface area contributed by atoms with Gasteiger partial charge in [0.25, 0.3) is 0 Å². The summed E-state index contributed by atoms with van der Waals surface area (Å²) in [5.74, 6) is 0.686. The van der Waals surface area contributed by atoms with Gasteiger partial charge < -0.3 is 29.7 Å². The summed E-state index contributed by atoms with van der Waals surface area (Å²) in [6.45, 7) is 11.2. The molecule has 0 saturated carbocycles. The first kappa shape index (κ1) is 29.9. The van der Waals surface area contributed by atoms with Crippen molar-refractivity contribution in [2.45, 2.75) is 26.9 Å². The number of likely N-dealkylation sites (N-methyl/N-ethyl adjacent to an activating group) is 2. The van der Waals surface area contributed by atoms with E-state index < -0.39 is 0 Å². The number of anilines is 4. The summed E-state index contributed by atoms with van der Waals surface area (Å²) in [5, 5.41) is 7.99. The fraction of sp³-hybridized carbons (Fsp3) is 0.323. The molecule has 0 aliphatic rings. The van der Waals surface area contributed by atoms with E-state index in [-0.39, 0.29) is 12.0 Å². The van der Waals surface area contributed by atoms with Crippen molar-refractivity contribution >= 4 is 51.4 Å². The van der Waals surface area contributed by atoms with Gasteiger partial charge in [0.1, 0.15) is 5.75 Å². The quantitative estimate of drug-likeness (QED) is 0.204. The molecule has 2 aromatic heterocycles. The van der Waals surface area contributed by atoms with Crippen LogP contribution in [0.1, 0.15) is 19.4 Å². The Morgan fingerprint density at radius 3 is 2.61 bits per heavy atom. The van der Waals surface area contributed by atoms with E-state index in [1.165, 1.54) is 6.08 Å². The smallest absolute Gasteiger partial charge is 0.247 e. The summed E-state index contributed by atoms with van der Waals surface area (Å²) in [5.41, 5.74) is 5.78. The Labute approximate surface area is 246 Å². The lowest BCUT2D eigenvalue weighted by Crippen LogP contribution is -2.29. The highest BCUT2D eigenvalue weighted by Gasteiger charge is 2.18. The highest BCUT2D eigenvalue weighted by molar-refractivity contribution is 6.35. The van der Waals surface area contributed by atoms with E-state index >= 15 is 0 Å². The second kappa shape index (κ2) is 12.6. The van der Waals surface area contributed by atoms with Crippen LogP contribution in [-0.4, -0.2) is 65.7 Å². The highest BCUT2D eigenvalue weighted by Crippen LogP contribution is 2.39. The van der Waals surface area contributed by atoms with Gasteiger partial charge in [-0.15, -0.1) is 0 Å². The molecule has 0 fully saturated rings. The number of rotatable bonds is 11. The summed E-state index contributed by atoms with van der Waals surface area (Å²) in [6, 6.07) is 9.63. The van der Waals surface area contributed by atoms with Crippen molar-refractivity contribution in [2.75, 3.05) is 49.8 Å². The lowest BCUT2D eigenvalue weighted by Gasteiger charge is -2.26. The van der Waals surface area contributed by atoms with Crippen molar-refractivity contribution in [1.29, 1.82) is 0 Å². The van der Waals surface area contributed by atoms with E-state index in [0.717, 1.165) is 46.5 Å². The van der Waals surface area contributed by atoms with Crippen LogP contribution in [0.5, 0.6) is 5.75 Å². The molecule has 2 heterocycles. The molecule has 0 aliphatic carbocycles. The maximum absolute atomic E-state index is 12.4. The van der Waals surface area contributed by atoms with Gasteiger partial charge >= 0.3 is 0 Å². The molecule has 0 spiro atoms. The minimum atomic E-state index is -0.308. The Kier molecular flexibility index (Phi) is 9.20. The molecule has 2 N–H and O–H groups in total. The van der Waals surface area contributed by atoms with Crippen LogP contribution in [0.25, 0.3) is 22.2 Å². The first-order valence-corrected chi connectivity index (χ1v) is 13.8. The van der Waals surface area contributed by atoms with Crippen molar-refractivity contribution in [3.05, 3.63) is 66.0 Å². The van der Waals surface area contributed by atoms with E-state index in [2.05, 4.69) is 51.2 Å². The number of amides is 1. The normalized spacial score (nSPS) is 11.3. The fourth-order valence-electron chi connectivity index (χ4n) is 4.62. The average molecular weight is 576 g/mol. The third-order valence-corrected chi connectivity index (χ3v) is 6.91. The summed E-state index contributed by atoms with van der Waals surface area (Å²) in [7, 11) is 8.02. The molecule has 2 aromatic carbocycles. The van der Waals surface area contributed by atoms with Crippen molar-refractivity contribution in [3.63, 3.8) is 0 Å². The third-order valence-electron chi connectivity index (χ3n) is 6.62. The molecule has 9 nitrogen and oxygen atoms in total. The number of hydrogen-bond acceptors (Lipinski definition) is 7. The Morgan fingerprint density at radius 1 is 1.17 bits per heavy atom. The van der Waals surface area contributed by atoms with Crippen molar-refractivity contribution in [2.24, 2.45) is 7.05 Å². The molecule has 1 amide bonds. The number of carbonyl (C=O) groups is 1. The van der Waals surface area contributed by atoms with Gasteiger partial charge in [0, 0.05) is 56.6 Å². The second-order valence-electron chi connectivity index (χ2n) is 10.6. The number of halogens is 1. The van der Waals surface area contributed by atoms with Crippen LogP contribution >= 0.6 is 11.6 Å². The summed E-state index contributed by atoms with van der Waals surface area (Å²) in [4.78, 5) is 25.8. The van der Waals surface area contributed by atoms with Gasteiger partial charge in [0.2, 0.25) is 11.9 Å². The summed E-state index contributed by atoms with van der Waals surface area (Å²) >= 11 is 6.68. The maximum atomic E-state index is 12.4. The predicted octanol–water partition coefficient (Wildman–Crippen LogP) is 6.25. The summed E-state index contributed by atoms with van der Waals surface area (Å²) in [6.07, 6.45) is 4.93. The molecule has 0 bridgehead atoms. The lowest BCUT2D eigenvalue weighted by molar-refractivity contribution is -0.111. The zero-order valence-electron chi connectivity index (χ0n) is 24.7. The Morgan fingerprint density at radius 2 is 1.93 bits per heavy atom. The van der Waals surface area contributed by atoms with Crippen LogP contribution in [-0.2, 0) is 11.8 Å². The number of aromatic nitrogens is 3. The summed E-state index contributed by atoms with van der Waals surface area (Å²) < 4.78 is 8.24. The standard InChI is InChI=1S/C31H38ClN7O2/c1-9-29(40)34-25-16-26(28(41-19(2)3)17-27(25)38(7)13-12-37(5)6)36-31-33-11-10-24(35-31)21-14-22-20(4)18-39(8)30(22)23(32)15-21/h9-11,14-19H,1,12-13H2,2-8H3,(H,34,40)(H,33,35,36). The maximum Gasteiger partial charge on any atom is 0.247 e. The topological polar surface area (TPSA) is 87.5 Å². The van der Waals surface area contributed by atoms with Crippen LogP contribution in [0.2, 0.25) is 5.02 Å². The van der Waals surface area contributed by atoms with Gasteiger partial charge in [-0.05, 0) is 70.8 Å². The molecular formula is C31H38ClN7O2. The molecule has 10 heteroatoms. The number of benzene rings is 2. The molecule has 41 heavy (non-hydrogen) atoms. The fourth-order valence-corrected chi connectivity index (χ4v) is 4.97. The first-order valence-electron chi connectivity index (χ1n) is 13.5. The Hall–Kier alpha value is -4.08. The van der Waals surface area contributed by atoms with Crippen LogP contribution in [0.4, 0.5) is 23.0 Å². The number of nitrogens with one attached hydrogen (secondary N) is 2. The molecule has 216 valence electrons. The zero-order chi connectivity index (χ0) is 29.8.